The highest BCUT2D eigenvalue weighted by Crippen LogP contribution is 2.25. The minimum absolute atomic E-state index is 0.0317. The minimum atomic E-state index is -3.28. The van der Waals surface area contributed by atoms with Gasteiger partial charge in [0.1, 0.15) is 0 Å². The number of benzene rings is 2. The number of sulfonamides is 1. The van der Waals surface area contributed by atoms with E-state index in [9.17, 15) is 13.2 Å². The summed E-state index contributed by atoms with van der Waals surface area (Å²) in [4.78, 5) is 17.2. The van der Waals surface area contributed by atoms with E-state index in [1.807, 2.05) is 23.1 Å². The number of hydrogen-bond donors (Lipinski definition) is 0. The van der Waals surface area contributed by atoms with Crippen molar-refractivity contribution >= 4 is 27.7 Å². The summed E-state index contributed by atoms with van der Waals surface area (Å²) in [5.74, 6) is 0.141. The molecular weight excluding hydrogens is 410 g/mol. The Hall–Kier alpha value is -2.64. The van der Waals surface area contributed by atoms with E-state index in [2.05, 4.69) is 29.2 Å². The van der Waals surface area contributed by atoms with Crippen LogP contribution in [0.4, 0.5) is 5.69 Å². The Bertz CT molecular complexity index is 1030. The van der Waals surface area contributed by atoms with Crippen LogP contribution in [0.2, 0.25) is 0 Å². The molecule has 2 aromatic rings. The molecule has 2 fully saturated rings. The molecule has 2 heterocycles. The Kier molecular flexibility index (Phi) is 6.73. The predicted molar refractivity (Wildman–Crippen MR) is 125 cm³/mol. The van der Waals surface area contributed by atoms with Crippen molar-refractivity contribution in [2.75, 3.05) is 49.3 Å². The lowest BCUT2D eigenvalue weighted by atomic mass is 10.1. The van der Waals surface area contributed by atoms with Crippen LogP contribution >= 0.6 is 0 Å². The molecule has 2 aliphatic heterocycles. The van der Waals surface area contributed by atoms with Crippen LogP contribution in [0, 0.1) is 0 Å². The molecule has 2 aliphatic rings. The van der Waals surface area contributed by atoms with Crippen LogP contribution in [0.25, 0.3) is 6.08 Å². The molecule has 0 aliphatic carbocycles. The summed E-state index contributed by atoms with van der Waals surface area (Å²) in [7, 11) is -3.28. The van der Waals surface area contributed by atoms with Gasteiger partial charge in [0.05, 0.1) is 11.4 Å². The van der Waals surface area contributed by atoms with Crippen LogP contribution in [0.1, 0.15) is 28.8 Å². The summed E-state index contributed by atoms with van der Waals surface area (Å²) in [6, 6.07) is 17.3. The Balaban J connectivity index is 1.34. The van der Waals surface area contributed by atoms with Crippen molar-refractivity contribution in [2.24, 2.45) is 0 Å². The quantitative estimate of drug-likeness (QED) is 0.718. The summed E-state index contributed by atoms with van der Waals surface area (Å²) in [5, 5.41) is 0. The fourth-order valence-corrected chi connectivity index (χ4v) is 5.72. The molecule has 0 radical (unpaired) electrons. The zero-order valence-electron chi connectivity index (χ0n) is 17.7. The third-order valence-electron chi connectivity index (χ3n) is 5.86. The zero-order valence-corrected chi connectivity index (χ0v) is 18.5. The third kappa shape index (κ3) is 5.35. The SMILES string of the molecule is O=C(c1cccc(N2CCCCS2(=O)=O)c1)N1CCN(CC=Cc2ccccc2)CC1. The fraction of sp³-hybridized carbons (Fsp3) is 0.375. The van der Waals surface area contributed by atoms with Gasteiger partial charge in [0.25, 0.3) is 5.91 Å². The molecule has 2 aromatic carbocycles. The van der Waals surface area contributed by atoms with E-state index >= 15 is 0 Å². The first-order valence-electron chi connectivity index (χ1n) is 10.9. The Labute approximate surface area is 184 Å². The molecule has 0 saturated carbocycles. The first-order chi connectivity index (χ1) is 15.0. The van der Waals surface area contributed by atoms with Crippen LogP contribution in [-0.4, -0.2) is 69.1 Å². The molecule has 6 nitrogen and oxygen atoms in total. The van der Waals surface area contributed by atoms with Crippen molar-refractivity contribution < 1.29 is 13.2 Å². The van der Waals surface area contributed by atoms with E-state index < -0.39 is 10.0 Å². The number of piperazine rings is 1. The largest absolute Gasteiger partial charge is 0.336 e. The number of nitrogens with zero attached hydrogens (tertiary/aromatic N) is 3. The maximum Gasteiger partial charge on any atom is 0.254 e. The Morgan fingerprint density at radius 3 is 2.42 bits per heavy atom. The van der Waals surface area contributed by atoms with Gasteiger partial charge >= 0.3 is 0 Å². The van der Waals surface area contributed by atoms with Gasteiger partial charge in [-0.05, 0) is 36.6 Å². The molecule has 7 heteroatoms. The van der Waals surface area contributed by atoms with Gasteiger partial charge in [0.2, 0.25) is 10.0 Å². The maximum atomic E-state index is 13.0. The molecule has 164 valence electrons. The summed E-state index contributed by atoms with van der Waals surface area (Å²) in [5.41, 5.74) is 2.33. The molecule has 0 atom stereocenters. The highest BCUT2D eigenvalue weighted by molar-refractivity contribution is 7.92. The normalized spacial score (nSPS) is 19.6. The number of carbonyl (C=O) groups is 1. The number of carbonyl (C=O) groups excluding carboxylic acids is 1. The standard InChI is InChI=1S/C24H29N3O3S/c28-24(22-11-6-12-23(20-22)27-14-4-5-19-31(27,29)30)26-17-15-25(16-18-26)13-7-10-21-8-2-1-3-9-21/h1-3,6-12,20H,4-5,13-19H2. The maximum absolute atomic E-state index is 13.0. The number of hydrogen-bond acceptors (Lipinski definition) is 4. The van der Waals surface area contributed by atoms with Gasteiger partial charge in [-0.15, -0.1) is 0 Å². The smallest absolute Gasteiger partial charge is 0.254 e. The van der Waals surface area contributed by atoms with Gasteiger partial charge in [-0.25, -0.2) is 8.42 Å². The van der Waals surface area contributed by atoms with Crippen molar-refractivity contribution in [1.82, 2.24) is 9.80 Å². The monoisotopic (exact) mass is 439 g/mol. The van der Waals surface area contributed by atoms with Crippen LogP contribution < -0.4 is 4.31 Å². The molecule has 0 aromatic heterocycles. The molecule has 0 N–H and O–H groups in total. The molecule has 0 bridgehead atoms. The Morgan fingerprint density at radius 1 is 0.903 bits per heavy atom. The third-order valence-corrected chi connectivity index (χ3v) is 7.73. The summed E-state index contributed by atoms with van der Waals surface area (Å²) < 4.78 is 26.2. The molecule has 0 unspecified atom stereocenters. The minimum Gasteiger partial charge on any atom is -0.336 e. The van der Waals surface area contributed by atoms with E-state index in [4.69, 9.17) is 0 Å². The highest BCUT2D eigenvalue weighted by Gasteiger charge is 2.27. The molecular formula is C24H29N3O3S. The van der Waals surface area contributed by atoms with Gasteiger partial charge in [0, 0.05) is 44.8 Å². The van der Waals surface area contributed by atoms with E-state index in [0.717, 1.165) is 26.1 Å². The van der Waals surface area contributed by atoms with Crippen LogP contribution in [0.15, 0.2) is 60.7 Å². The first-order valence-corrected chi connectivity index (χ1v) is 12.5. The lowest BCUT2D eigenvalue weighted by Gasteiger charge is -2.34. The lowest BCUT2D eigenvalue weighted by Crippen LogP contribution is -2.48. The van der Waals surface area contributed by atoms with Crippen LogP contribution in [0.5, 0.6) is 0 Å². The van der Waals surface area contributed by atoms with Gasteiger partial charge < -0.3 is 4.90 Å². The van der Waals surface area contributed by atoms with E-state index in [1.54, 1.807) is 24.3 Å². The van der Waals surface area contributed by atoms with Crippen molar-refractivity contribution in [3.8, 4) is 0 Å². The number of rotatable bonds is 5. The number of amides is 1. The molecule has 0 spiro atoms. The van der Waals surface area contributed by atoms with E-state index in [1.165, 1.54) is 9.87 Å². The highest BCUT2D eigenvalue weighted by atomic mass is 32.2. The summed E-state index contributed by atoms with van der Waals surface area (Å²) >= 11 is 0. The predicted octanol–water partition coefficient (Wildman–Crippen LogP) is 3.09. The molecule has 2 saturated heterocycles. The fourth-order valence-electron chi connectivity index (χ4n) is 4.09. The lowest BCUT2D eigenvalue weighted by molar-refractivity contribution is 0.0650. The number of anilines is 1. The van der Waals surface area contributed by atoms with E-state index in [-0.39, 0.29) is 11.7 Å². The summed E-state index contributed by atoms with van der Waals surface area (Å²) in [6.07, 6.45) is 5.83. The molecule has 4 rings (SSSR count). The molecule has 1 amide bonds. The van der Waals surface area contributed by atoms with Crippen molar-refractivity contribution in [2.45, 2.75) is 12.8 Å². The first kappa shape index (κ1) is 21.6. The van der Waals surface area contributed by atoms with Gasteiger partial charge in [-0.2, -0.15) is 0 Å². The van der Waals surface area contributed by atoms with Crippen molar-refractivity contribution in [3.63, 3.8) is 0 Å². The Morgan fingerprint density at radius 2 is 1.68 bits per heavy atom. The van der Waals surface area contributed by atoms with E-state index in [0.29, 0.717) is 37.3 Å². The van der Waals surface area contributed by atoms with Crippen LogP contribution in [-0.2, 0) is 10.0 Å². The summed E-state index contributed by atoms with van der Waals surface area (Å²) in [6.45, 7) is 4.33. The average Bonchev–Trinajstić information content (AvgIpc) is 2.79. The van der Waals surface area contributed by atoms with Gasteiger partial charge in [0.15, 0.2) is 0 Å². The van der Waals surface area contributed by atoms with Gasteiger partial charge in [-0.1, -0.05) is 48.6 Å². The van der Waals surface area contributed by atoms with Crippen LogP contribution in [0.3, 0.4) is 0 Å². The van der Waals surface area contributed by atoms with Crippen molar-refractivity contribution in [3.05, 3.63) is 71.8 Å². The second-order valence-electron chi connectivity index (χ2n) is 8.05. The molecule has 31 heavy (non-hydrogen) atoms. The van der Waals surface area contributed by atoms with Crippen molar-refractivity contribution in [1.29, 1.82) is 0 Å². The zero-order chi connectivity index (χ0) is 21.7. The second kappa shape index (κ2) is 9.66. The topological polar surface area (TPSA) is 60.9 Å². The second-order valence-corrected chi connectivity index (χ2v) is 10.1. The van der Waals surface area contributed by atoms with Gasteiger partial charge in [-0.3, -0.25) is 14.0 Å². The average molecular weight is 440 g/mol.